The first-order valence-corrected chi connectivity index (χ1v) is 10.9. The van der Waals surface area contributed by atoms with Crippen LogP contribution in [0.1, 0.15) is 25.7 Å². The van der Waals surface area contributed by atoms with Crippen LogP contribution >= 0.6 is 23.5 Å². The SMILES string of the molecule is O=C(Nc1ccc(NC(=O)C2CCSCC2)cc1)C1CCSCC1. The second kappa shape index (κ2) is 8.81. The molecule has 130 valence electrons. The van der Waals surface area contributed by atoms with Crippen molar-refractivity contribution in [3.05, 3.63) is 24.3 Å². The molecular formula is C18H24N2O2S2. The van der Waals surface area contributed by atoms with E-state index in [1.165, 1.54) is 0 Å². The summed E-state index contributed by atoms with van der Waals surface area (Å²) in [4.78, 5) is 24.5. The van der Waals surface area contributed by atoms with E-state index in [2.05, 4.69) is 10.6 Å². The Labute approximate surface area is 151 Å². The Bertz CT molecular complexity index is 514. The zero-order chi connectivity index (χ0) is 16.8. The van der Waals surface area contributed by atoms with Gasteiger partial charge in [-0.2, -0.15) is 23.5 Å². The number of anilines is 2. The van der Waals surface area contributed by atoms with Crippen molar-refractivity contribution >= 4 is 46.7 Å². The van der Waals surface area contributed by atoms with Gasteiger partial charge in [0, 0.05) is 23.2 Å². The molecule has 0 aromatic heterocycles. The minimum Gasteiger partial charge on any atom is -0.326 e. The molecule has 0 radical (unpaired) electrons. The Morgan fingerprint density at radius 3 is 1.38 bits per heavy atom. The predicted molar refractivity (Wildman–Crippen MR) is 104 cm³/mol. The highest BCUT2D eigenvalue weighted by atomic mass is 32.2. The molecule has 0 atom stereocenters. The molecule has 2 amide bonds. The molecule has 2 heterocycles. The Balaban J connectivity index is 1.51. The normalized spacial score (nSPS) is 19.7. The van der Waals surface area contributed by atoms with Gasteiger partial charge in [-0.25, -0.2) is 0 Å². The Kier molecular flexibility index (Phi) is 6.49. The topological polar surface area (TPSA) is 58.2 Å². The first kappa shape index (κ1) is 17.7. The molecule has 1 aromatic carbocycles. The van der Waals surface area contributed by atoms with Crippen molar-refractivity contribution in [1.29, 1.82) is 0 Å². The second-order valence-corrected chi connectivity index (χ2v) is 8.78. The van der Waals surface area contributed by atoms with E-state index in [0.717, 1.165) is 60.1 Å². The third-order valence-electron chi connectivity index (χ3n) is 4.60. The van der Waals surface area contributed by atoms with Crippen molar-refractivity contribution in [2.24, 2.45) is 11.8 Å². The summed E-state index contributed by atoms with van der Waals surface area (Å²) in [5, 5.41) is 5.98. The van der Waals surface area contributed by atoms with Crippen molar-refractivity contribution in [3.8, 4) is 0 Å². The van der Waals surface area contributed by atoms with E-state index in [1.807, 2.05) is 47.8 Å². The van der Waals surface area contributed by atoms with Gasteiger partial charge in [0.15, 0.2) is 0 Å². The molecule has 2 fully saturated rings. The Morgan fingerprint density at radius 2 is 1.04 bits per heavy atom. The van der Waals surface area contributed by atoms with Gasteiger partial charge in [0.1, 0.15) is 0 Å². The van der Waals surface area contributed by atoms with Crippen molar-refractivity contribution < 1.29 is 9.59 Å². The lowest BCUT2D eigenvalue weighted by molar-refractivity contribution is -0.120. The number of hydrogen-bond acceptors (Lipinski definition) is 4. The van der Waals surface area contributed by atoms with Crippen LogP contribution in [0.3, 0.4) is 0 Å². The minimum absolute atomic E-state index is 0.117. The number of carbonyl (C=O) groups excluding carboxylic acids is 2. The van der Waals surface area contributed by atoms with Crippen molar-refractivity contribution in [3.63, 3.8) is 0 Å². The number of nitrogens with one attached hydrogen (secondary N) is 2. The van der Waals surface area contributed by atoms with E-state index in [9.17, 15) is 9.59 Å². The average Bonchev–Trinajstić information content (AvgIpc) is 2.65. The quantitative estimate of drug-likeness (QED) is 0.852. The zero-order valence-electron chi connectivity index (χ0n) is 13.8. The molecule has 2 aliphatic rings. The molecular weight excluding hydrogens is 340 g/mol. The largest absolute Gasteiger partial charge is 0.326 e. The summed E-state index contributed by atoms with van der Waals surface area (Å²) in [7, 11) is 0. The summed E-state index contributed by atoms with van der Waals surface area (Å²) in [6.45, 7) is 0. The van der Waals surface area contributed by atoms with Gasteiger partial charge in [-0.05, 0) is 73.0 Å². The van der Waals surface area contributed by atoms with Gasteiger partial charge in [0.2, 0.25) is 11.8 Å². The zero-order valence-corrected chi connectivity index (χ0v) is 15.4. The highest BCUT2D eigenvalue weighted by molar-refractivity contribution is 7.99. The predicted octanol–water partition coefficient (Wildman–Crippen LogP) is 3.85. The number of benzene rings is 1. The molecule has 6 heteroatoms. The van der Waals surface area contributed by atoms with Crippen molar-refractivity contribution in [2.75, 3.05) is 33.6 Å². The average molecular weight is 365 g/mol. The van der Waals surface area contributed by atoms with Gasteiger partial charge in [-0.3, -0.25) is 9.59 Å². The van der Waals surface area contributed by atoms with Crippen molar-refractivity contribution in [2.45, 2.75) is 25.7 Å². The molecule has 2 saturated heterocycles. The summed E-state index contributed by atoms with van der Waals surface area (Å²) in [6, 6.07) is 7.45. The molecule has 24 heavy (non-hydrogen) atoms. The fourth-order valence-electron chi connectivity index (χ4n) is 3.05. The third-order valence-corrected chi connectivity index (χ3v) is 6.70. The fraction of sp³-hybridized carbons (Fsp3) is 0.556. The highest BCUT2D eigenvalue weighted by Gasteiger charge is 2.22. The van der Waals surface area contributed by atoms with Crippen LogP contribution < -0.4 is 10.6 Å². The van der Waals surface area contributed by atoms with Gasteiger partial charge < -0.3 is 10.6 Å². The summed E-state index contributed by atoms with van der Waals surface area (Å²) in [6.07, 6.45) is 3.85. The number of rotatable bonds is 4. The van der Waals surface area contributed by atoms with E-state index in [0.29, 0.717) is 0 Å². The Morgan fingerprint density at radius 1 is 0.708 bits per heavy atom. The molecule has 4 nitrogen and oxygen atoms in total. The summed E-state index contributed by atoms with van der Waals surface area (Å²) in [5.74, 6) is 4.79. The second-order valence-electron chi connectivity index (χ2n) is 6.33. The van der Waals surface area contributed by atoms with E-state index < -0.39 is 0 Å². The van der Waals surface area contributed by atoms with Crippen LogP contribution in [0.2, 0.25) is 0 Å². The van der Waals surface area contributed by atoms with Crippen LogP contribution in [0, 0.1) is 11.8 Å². The number of thioether (sulfide) groups is 2. The van der Waals surface area contributed by atoms with Crippen LogP contribution in [0.4, 0.5) is 11.4 Å². The lowest BCUT2D eigenvalue weighted by atomic mass is 10.0. The molecule has 0 bridgehead atoms. The van der Waals surface area contributed by atoms with Gasteiger partial charge in [-0.1, -0.05) is 0 Å². The smallest absolute Gasteiger partial charge is 0.227 e. The molecule has 2 aliphatic heterocycles. The van der Waals surface area contributed by atoms with Gasteiger partial charge in [0.05, 0.1) is 0 Å². The molecule has 3 rings (SSSR count). The first-order valence-electron chi connectivity index (χ1n) is 8.59. The van der Waals surface area contributed by atoms with Gasteiger partial charge in [0.25, 0.3) is 0 Å². The van der Waals surface area contributed by atoms with Crippen LogP contribution in [-0.4, -0.2) is 34.8 Å². The van der Waals surface area contributed by atoms with E-state index in [-0.39, 0.29) is 23.7 Å². The van der Waals surface area contributed by atoms with E-state index in [4.69, 9.17) is 0 Å². The van der Waals surface area contributed by atoms with Crippen LogP contribution in [-0.2, 0) is 9.59 Å². The van der Waals surface area contributed by atoms with Crippen LogP contribution in [0.25, 0.3) is 0 Å². The maximum atomic E-state index is 12.2. The lowest BCUT2D eigenvalue weighted by Crippen LogP contribution is -2.26. The maximum Gasteiger partial charge on any atom is 0.227 e. The number of amides is 2. The molecule has 2 N–H and O–H groups in total. The molecule has 1 aromatic rings. The van der Waals surface area contributed by atoms with Gasteiger partial charge in [-0.15, -0.1) is 0 Å². The van der Waals surface area contributed by atoms with Crippen LogP contribution in [0.5, 0.6) is 0 Å². The third kappa shape index (κ3) is 4.93. The summed E-state index contributed by atoms with van der Waals surface area (Å²) >= 11 is 3.84. The monoisotopic (exact) mass is 364 g/mol. The minimum atomic E-state index is 0.117. The summed E-state index contributed by atoms with van der Waals surface area (Å²) < 4.78 is 0. The molecule has 0 aliphatic carbocycles. The number of hydrogen-bond donors (Lipinski definition) is 2. The molecule has 0 spiro atoms. The lowest BCUT2D eigenvalue weighted by Gasteiger charge is -2.21. The maximum absolute atomic E-state index is 12.2. The van der Waals surface area contributed by atoms with Crippen LogP contribution in [0.15, 0.2) is 24.3 Å². The van der Waals surface area contributed by atoms with E-state index in [1.54, 1.807) is 0 Å². The van der Waals surface area contributed by atoms with Gasteiger partial charge >= 0.3 is 0 Å². The first-order chi connectivity index (χ1) is 11.7. The van der Waals surface area contributed by atoms with E-state index >= 15 is 0 Å². The molecule has 0 saturated carbocycles. The highest BCUT2D eigenvalue weighted by Crippen LogP contribution is 2.26. The van der Waals surface area contributed by atoms with Crippen molar-refractivity contribution in [1.82, 2.24) is 0 Å². The standard InChI is InChI=1S/C18H24N2O2S2/c21-17(13-5-9-23-10-6-13)19-15-1-2-16(4-3-15)20-18(22)14-7-11-24-12-8-14/h1-4,13-14H,5-12H2,(H,19,21)(H,20,22). The Hall–Kier alpha value is -1.14. The fourth-order valence-corrected chi connectivity index (χ4v) is 5.26. The molecule has 0 unspecified atom stereocenters. The number of carbonyl (C=O) groups is 2. The summed E-state index contributed by atoms with van der Waals surface area (Å²) in [5.41, 5.74) is 1.59.